The Morgan fingerprint density at radius 1 is 1.61 bits per heavy atom. The first-order chi connectivity index (χ1) is 8.56. The number of Topliss-reactive ketones (excluding diaryl/α,β-unsaturated/α-hetero) is 1. The number of allylic oxidation sites excluding steroid dienone is 2. The highest BCUT2D eigenvalue weighted by atomic mass is 32.1. The zero-order chi connectivity index (χ0) is 13.3. The van der Waals surface area contributed by atoms with Crippen LogP contribution in [0.25, 0.3) is 0 Å². The minimum atomic E-state index is -0.575. The zero-order valence-electron chi connectivity index (χ0n) is 10.1. The van der Waals surface area contributed by atoms with E-state index in [9.17, 15) is 10.1 Å². The van der Waals surface area contributed by atoms with Crippen LogP contribution in [0.2, 0.25) is 0 Å². The summed E-state index contributed by atoms with van der Waals surface area (Å²) in [5.74, 6) is -0.482. The van der Waals surface area contributed by atoms with Gasteiger partial charge in [0.1, 0.15) is 11.7 Å². The molecule has 0 fully saturated rings. The van der Waals surface area contributed by atoms with E-state index in [0.717, 1.165) is 0 Å². The topological polar surface area (TPSA) is 66.0 Å². The summed E-state index contributed by atoms with van der Waals surface area (Å²) in [6, 6.07) is 5.65. The van der Waals surface area contributed by atoms with Crippen LogP contribution in [-0.2, 0) is 4.79 Å². The Hall–Kier alpha value is -1.93. The molecule has 0 saturated heterocycles. The van der Waals surface area contributed by atoms with Crippen LogP contribution in [0.5, 0.6) is 0 Å². The molecule has 2 heterocycles. The van der Waals surface area contributed by atoms with Crippen molar-refractivity contribution in [2.45, 2.75) is 19.8 Å². The Morgan fingerprint density at radius 2 is 2.33 bits per heavy atom. The summed E-state index contributed by atoms with van der Waals surface area (Å²) in [5, 5.41) is 12.2. The maximum atomic E-state index is 11.8. The van der Waals surface area contributed by atoms with Crippen molar-refractivity contribution in [2.75, 3.05) is 0 Å². The fraction of sp³-hybridized carbons (Fsp3) is 0.308. The Kier molecular flexibility index (Phi) is 3.30. The van der Waals surface area contributed by atoms with E-state index in [4.69, 9.17) is 16.6 Å². The lowest BCUT2D eigenvalue weighted by molar-refractivity contribution is -0.114. The molecule has 0 saturated carbocycles. The van der Waals surface area contributed by atoms with E-state index >= 15 is 0 Å². The van der Waals surface area contributed by atoms with Crippen LogP contribution < -0.4 is 5.32 Å². The number of nitrogens with one attached hydrogen (secondary N) is 1. The molecule has 0 aliphatic carbocycles. The van der Waals surface area contributed by atoms with E-state index in [-0.39, 0.29) is 5.78 Å². The van der Waals surface area contributed by atoms with Gasteiger partial charge in [0.15, 0.2) is 5.78 Å². The van der Waals surface area contributed by atoms with Gasteiger partial charge in [-0.15, -0.1) is 0 Å². The molecule has 0 amide bonds. The molecule has 92 valence electrons. The Labute approximate surface area is 110 Å². The normalized spacial score (nSPS) is 23.5. The Bertz CT molecular complexity index is 566. The Morgan fingerprint density at radius 3 is 2.83 bits per heavy atom. The lowest BCUT2D eigenvalue weighted by Gasteiger charge is -2.30. The highest BCUT2D eigenvalue weighted by Gasteiger charge is 2.38. The summed E-state index contributed by atoms with van der Waals surface area (Å²) in [6.07, 6.45) is 1.53. The van der Waals surface area contributed by atoms with Gasteiger partial charge in [0, 0.05) is 11.3 Å². The van der Waals surface area contributed by atoms with Crippen LogP contribution in [0.3, 0.4) is 0 Å². The number of hydrogen-bond acceptors (Lipinski definition) is 4. The molecule has 1 aliphatic heterocycles. The molecule has 5 heteroatoms. The minimum absolute atomic E-state index is 0.0795. The molecule has 1 aliphatic rings. The number of rotatable bonds is 2. The number of nitriles is 1. The summed E-state index contributed by atoms with van der Waals surface area (Å²) in [4.78, 5) is 12.2. The van der Waals surface area contributed by atoms with Gasteiger partial charge in [0.25, 0.3) is 0 Å². The first-order valence-electron chi connectivity index (χ1n) is 5.52. The van der Waals surface area contributed by atoms with Gasteiger partial charge in [0.2, 0.25) is 0 Å². The average molecular weight is 260 g/mol. The van der Waals surface area contributed by atoms with E-state index in [0.29, 0.717) is 22.0 Å². The summed E-state index contributed by atoms with van der Waals surface area (Å²) in [5.41, 5.74) is 1.26. The first kappa shape index (κ1) is 12.5. The van der Waals surface area contributed by atoms with Gasteiger partial charge in [0.05, 0.1) is 23.2 Å². The second kappa shape index (κ2) is 4.75. The van der Waals surface area contributed by atoms with E-state index in [1.165, 1.54) is 13.2 Å². The van der Waals surface area contributed by atoms with E-state index < -0.39 is 11.8 Å². The third-order valence-electron chi connectivity index (χ3n) is 3.01. The number of nitrogens with zero attached hydrogens (tertiary/aromatic N) is 1. The van der Waals surface area contributed by atoms with Gasteiger partial charge in [-0.25, -0.2) is 0 Å². The summed E-state index contributed by atoms with van der Waals surface area (Å²) < 4.78 is 5.36. The van der Waals surface area contributed by atoms with Gasteiger partial charge >= 0.3 is 0 Å². The lowest BCUT2D eigenvalue weighted by atomic mass is 9.79. The van der Waals surface area contributed by atoms with Crippen LogP contribution in [0.4, 0.5) is 0 Å². The average Bonchev–Trinajstić information content (AvgIpc) is 2.80. The van der Waals surface area contributed by atoms with Crippen molar-refractivity contribution < 1.29 is 9.21 Å². The van der Waals surface area contributed by atoms with E-state index in [1.54, 1.807) is 19.1 Å². The van der Waals surface area contributed by atoms with Gasteiger partial charge in [-0.3, -0.25) is 4.79 Å². The van der Waals surface area contributed by atoms with Crippen molar-refractivity contribution >= 4 is 23.0 Å². The van der Waals surface area contributed by atoms with Gasteiger partial charge < -0.3 is 9.73 Å². The highest BCUT2D eigenvalue weighted by Crippen LogP contribution is 2.37. The molecule has 2 atom stereocenters. The predicted octanol–water partition coefficient (Wildman–Crippen LogP) is 2.30. The van der Waals surface area contributed by atoms with Gasteiger partial charge in [-0.2, -0.15) is 5.26 Å². The van der Waals surface area contributed by atoms with Crippen molar-refractivity contribution in [2.24, 2.45) is 5.92 Å². The number of carbonyl (C=O) groups excluding carboxylic acids is 1. The summed E-state index contributed by atoms with van der Waals surface area (Å²) >= 11 is 5.17. The first-order valence-corrected chi connectivity index (χ1v) is 5.92. The van der Waals surface area contributed by atoms with Crippen molar-refractivity contribution in [3.8, 4) is 6.07 Å². The molecular weight excluding hydrogens is 248 g/mol. The minimum Gasteiger partial charge on any atom is -0.469 e. The van der Waals surface area contributed by atoms with Crippen LogP contribution in [-0.4, -0.2) is 10.8 Å². The van der Waals surface area contributed by atoms with Crippen molar-refractivity contribution in [3.63, 3.8) is 0 Å². The SMILES string of the molecule is CC(=O)C1=C(C)NC(=S)C(C#N)C1c1ccco1. The maximum absolute atomic E-state index is 11.8. The monoisotopic (exact) mass is 260 g/mol. The maximum Gasteiger partial charge on any atom is 0.158 e. The molecule has 1 N–H and O–H groups in total. The van der Waals surface area contributed by atoms with Crippen molar-refractivity contribution in [1.29, 1.82) is 5.26 Å². The fourth-order valence-corrected chi connectivity index (χ4v) is 2.61. The predicted molar refractivity (Wildman–Crippen MR) is 69.7 cm³/mol. The molecule has 0 radical (unpaired) electrons. The number of carbonyl (C=O) groups is 1. The van der Waals surface area contributed by atoms with Crippen molar-refractivity contribution in [3.05, 3.63) is 35.4 Å². The molecule has 1 aromatic heterocycles. The molecule has 18 heavy (non-hydrogen) atoms. The standard InChI is InChI=1S/C13H12N2O2S/c1-7-11(8(2)16)12(10-4-3-5-17-10)9(6-14)13(18)15-7/h3-5,9,12H,1-2H3,(H,15,18). The lowest BCUT2D eigenvalue weighted by Crippen LogP contribution is -2.39. The quantitative estimate of drug-likeness (QED) is 0.826. The van der Waals surface area contributed by atoms with Crippen LogP contribution in [0, 0.1) is 17.2 Å². The molecule has 2 unspecified atom stereocenters. The van der Waals surface area contributed by atoms with E-state index in [2.05, 4.69) is 11.4 Å². The second-order valence-corrected chi connectivity index (χ2v) is 4.62. The summed E-state index contributed by atoms with van der Waals surface area (Å²) in [7, 11) is 0. The number of thiocarbonyl (C=S) groups is 1. The molecule has 0 aromatic carbocycles. The number of furan rings is 1. The van der Waals surface area contributed by atoms with Gasteiger partial charge in [-0.05, 0) is 26.0 Å². The third kappa shape index (κ3) is 1.95. The fourth-order valence-electron chi connectivity index (χ4n) is 2.27. The number of ketones is 1. The highest BCUT2D eigenvalue weighted by molar-refractivity contribution is 7.80. The largest absolute Gasteiger partial charge is 0.469 e. The van der Waals surface area contributed by atoms with Gasteiger partial charge in [-0.1, -0.05) is 12.2 Å². The Balaban J connectivity index is 2.60. The second-order valence-electron chi connectivity index (χ2n) is 4.18. The van der Waals surface area contributed by atoms with Crippen LogP contribution in [0.15, 0.2) is 34.1 Å². The number of hydrogen-bond donors (Lipinski definition) is 1. The smallest absolute Gasteiger partial charge is 0.158 e. The molecular formula is C13H12N2O2S. The molecule has 1 aromatic rings. The molecule has 2 rings (SSSR count). The molecule has 0 bridgehead atoms. The van der Waals surface area contributed by atoms with Crippen LogP contribution in [0.1, 0.15) is 25.5 Å². The molecule has 4 nitrogen and oxygen atoms in total. The third-order valence-corrected chi connectivity index (χ3v) is 3.37. The molecule has 0 spiro atoms. The zero-order valence-corrected chi connectivity index (χ0v) is 10.9. The van der Waals surface area contributed by atoms with E-state index in [1.807, 2.05) is 0 Å². The van der Waals surface area contributed by atoms with Crippen LogP contribution >= 0.6 is 12.2 Å². The van der Waals surface area contributed by atoms with Crippen molar-refractivity contribution in [1.82, 2.24) is 5.32 Å². The summed E-state index contributed by atoms with van der Waals surface area (Å²) in [6.45, 7) is 3.27.